The van der Waals surface area contributed by atoms with Gasteiger partial charge in [-0.05, 0) is 57.1 Å². The third-order valence-electron chi connectivity index (χ3n) is 4.99. The van der Waals surface area contributed by atoms with Crippen LogP contribution in [0.1, 0.15) is 65.6 Å². The molecule has 0 N–H and O–H groups in total. The monoisotopic (exact) mass is 321 g/mol. The quantitative estimate of drug-likeness (QED) is 0.748. The summed E-state index contributed by atoms with van der Waals surface area (Å²) in [5.41, 5.74) is 0.225. The van der Waals surface area contributed by atoms with Gasteiger partial charge in [0.15, 0.2) is 0 Å². The number of hydrogen-bond acceptors (Lipinski definition) is 3. The minimum atomic E-state index is -0.0600. The Labute approximate surface area is 140 Å². The van der Waals surface area contributed by atoms with E-state index in [4.69, 9.17) is 9.15 Å². The fourth-order valence-corrected chi connectivity index (χ4v) is 3.98. The number of amides is 1. The summed E-state index contributed by atoms with van der Waals surface area (Å²) in [7, 11) is 0. The molecular formula is C19H31NO3. The van der Waals surface area contributed by atoms with Crippen LogP contribution in [0.3, 0.4) is 0 Å². The van der Waals surface area contributed by atoms with Crippen molar-refractivity contribution in [2.24, 2.45) is 5.41 Å². The van der Waals surface area contributed by atoms with Gasteiger partial charge in [-0.15, -0.1) is 0 Å². The van der Waals surface area contributed by atoms with Crippen molar-refractivity contribution in [3.8, 4) is 0 Å². The molecule has 130 valence electrons. The van der Waals surface area contributed by atoms with E-state index in [9.17, 15) is 4.79 Å². The van der Waals surface area contributed by atoms with Gasteiger partial charge in [-0.3, -0.25) is 4.79 Å². The number of carbonyl (C=O) groups is 1. The smallest absolute Gasteiger partial charge is 0.219 e. The van der Waals surface area contributed by atoms with Crippen molar-refractivity contribution < 1.29 is 13.9 Å². The second kappa shape index (κ2) is 7.52. The Bertz CT molecular complexity index is 491. The van der Waals surface area contributed by atoms with Crippen molar-refractivity contribution >= 4 is 5.91 Å². The van der Waals surface area contributed by atoms with Crippen molar-refractivity contribution in [1.82, 2.24) is 4.90 Å². The number of furan rings is 1. The molecule has 1 atom stereocenters. The molecule has 0 aromatic carbocycles. The molecule has 2 rings (SSSR count). The molecule has 1 aliphatic heterocycles. The summed E-state index contributed by atoms with van der Waals surface area (Å²) in [6.07, 6.45) is 7.23. The molecule has 1 amide bonds. The Morgan fingerprint density at radius 3 is 2.70 bits per heavy atom. The highest BCUT2D eigenvalue weighted by molar-refractivity contribution is 5.73. The van der Waals surface area contributed by atoms with Gasteiger partial charge in [0.1, 0.15) is 5.76 Å². The SMILES string of the molecule is CCCC1(CCN(Cc2ccco2)C(C)=O)CCOC(C)(C)C1. The maximum absolute atomic E-state index is 12.0. The van der Waals surface area contributed by atoms with Gasteiger partial charge in [-0.2, -0.15) is 0 Å². The molecule has 0 saturated carbocycles. The van der Waals surface area contributed by atoms with Crippen LogP contribution in [-0.2, 0) is 16.1 Å². The Morgan fingerprint density at radius 2 is 2.13 bits per heavy atom. The maximum atomic E-state index is 12.0. The van der Waals surface area contributed by atoms with E-state index < -0.39 is 0 Å². The summed E-state index contributed by atoms with van der Waals surface area (Å²) in [6, 6.07) is 3.79. The van der Waals surface area contributed by atoms with E-state index in [0.29, 0.717) is 6.54 Å². The largest absolute Gasteiger partial charge is 0.467 e. The first-order chi connectivity index (χ1) is 10.9. The van der Waals surface area contributed by atoms with Crippen LogP contribution in [0.5, 0.6) is 0 Å². The minimum Gasteiger partial charge on any atom is -0.467 e. The Kier molecular flexibility index (Phi) is 5.90. The van der Waals surface area contributed by atoms with Crippen LogP contribution in [0.2, 0.25) is 0 Å². The molecule has 1 aromatic heterocycles. The number of ether oxygens (including phenoxy) is 1. The molecule has 1 unspecified atom stereocenters. The summed E-state index contributed by atoms with van der Waals surface area (Å²) in [5.74, 6) is 0.955. The lowest BCUT2D eigenvalue weighted by Crippen LogP contribution is -2.43. The molecule has 2 heterocycles. The third kappa shape index (κ3) is 5.10. The zero-order valence-electron chi connectivity index (χ0n) is 15.1. The van der Waals surface area contributed by atoms with Crippen LogP contribution in [0.15, 0.2) is 22.8 Å². The Hall–Kier alpha value is -1.29. The van der Waals surface area contributed by atoms with Gasteiger partial charge in [0.05, 0.1) is 18.4 Å². The van der Waals surface area contributed by atoms with Crippen LogP contribution in [0.25, 0.3) is 0 Å². The second-order valence-electron chi connectivity index (χ2n) is 7.55. The van der Waals surface area contributed by atoms with Crippen molar-refractivity contribution in [2.45, 2.75) is 71.9 Å². The van der Waals surface area contributed by atoms with Gasteiger partial charge >= 0.3 is 0 Å². The van der Waals surface area contributed by atoms with E-state index in [2.05, 4.69) is 20.8 Å². The van der Waals surface area contributed by atoms with E-state index in [1.165, 1.54) is 12.8 Å². The molecule has 0 radical (unpaired) electrons. The summed E-state index contributed by atoms with van der Waals surface area (Å²) < 4.78 is 11.3. The summed E-state index contributed by atoms with van der Waals surface area (Å²) in [6.45, 7) is 10.4. The van der Waals surface area contributed by atoms with Gasteiger partial charge in [0, 0.05) is 20.1 Å². The lowest BCUT2D eigenvalue weighted by molar-refractivity contribution is -0.132. The Morgan fingerprint density at radius 1 is 1.35 bits per heavy atom. The molecule has 0 bridgehead atoms. The fraction of sp³-hybridized carbons (Fsp3) is 0.737. The number of hydrogen-bond donors (Lipinski definition) is 0. The number of rotatable bonds is 7. The van der Waals surface area contributed by atoms with E-state index in [1.807, 2.05) is 17.0 Å². The van der Waals surface area contributed by atoms with Crippen molar-refractivity contribution in [3.05, 3.63) is 24.2 Å². The van der Waals surface area contributed by atoms with Crippen LogP contribution >= 0.6 is 0 Å². The normalized spacial score (nSPS) is 23.7. The van der Waals surface area contributed by atoms with Gasteiger partial charge in [0.25, 0.3) is 0 Å². The van der Waals surface area contributed by atoms with Gasteiger partial charge in [0.2, 0.25) is 5.91 Å². The van der Waals surface area contributed by atoms with E-state index in [-0.39, 0.29) is 16.9 Å². The predicted molar refractivity (Wildman–Crippen MR) is 91.0 cm³/mol. The standard InChI is InChI=1S/C19H31NO3/c1-5-8-19(10-13-23-18(3,4)15-19)9-11-20(16(2)21)14-17-7-6-12-22-17/h6-7,12H,5,8-11,13-15H2,1-4H3. The van der Waals surface area contributed by atoms with Crippen LogP contribution < -0.4 is 0 Å². The fourth-order valence-electron chi connectivity index (χ4n) is 3.98. The van der Waals surface area contributed by atoms with Crippen molar-refractivity contribution in [1.29, 1.82) is 0 Å². The average Bonchev–Trinajstić information content (AvgIpc) is 2.95. The first-order valence-electron chi connectivity index (χ1n) is 8.78. The average molecular weight is 321 g/mol. The second-order valence-corrected chi connectivity index (χ2v) is 7.55. The van der Waals surface area contributed by atoms with Crippen LogP contribution in [0.4, 0.5) is 0 Å². The highest BCUT2D eigenvalue weighted by atomic mass is 16.5. The zero-order valence-corrected chi connectivity index (χ0v) is 15.1. The molecular weight excluding hydrogens is 290 g/mol. The van der Waals surface area contributed by atoms with E-state index >= 15 is 0 Å². The van der Waals surface area contributed by atoms with Crippen molar-refractivity contribution in [2.75, 3.05) is 13.2 Å². The molecule has 1 aliphatic rings. The molecule has 1 aromatic rings. The van der Waals surface area contributed by atoms with Gasteiger partial charge in [-0.25, -0.2) is 0 Å². The number of nitrogens with zero attached hydrogens (tertiary/aromatic N) is 1. The molecule has 0 aliphatic carbocycles. The Balaban J connectivity index is 2.02. The van der Waals surface area contributed by atoms with Crippen molar-refractivity contribution in [3.63, 3.8) is 0 Å². The van der Waals surface area contributed by atoms with Gasteiger partial charge in [-0.1, -0.05) is 13.3 Å². The lowest BCUT2D eigenvalue weighted by atomic mass is 9.69. The van der Waals surface area contributed by atoms with Crippen LogP contribution in [-0.4, -0.2) is 29.6 Å². The van der Waals surface area contributed by atoms with E-state index in [1.54, 1.807) is 13.2 Å². The van der Waals surface area contributed by atoms with E-state index in [0.717, 1.165) is 38.2 Å². The highest BCUT2D eigenvalue weighted by Crippen LogP contribution is 2.45. The van der Waals surface area contributed by atoms with Gasteiger partial charge < -0.3 is 14.1 Å². The predicted octanol–water partition coefficient (Wildman–Crippen LogP) is 4.39. The molecule has 23 heavy (non-hydrogen) atoms. The summed E-state index contributed by atoms with van der Waals surface area (Å²) >= 11 is 0. The summed E-state index contributed by atoms with van der Waals surface area (Å²) in [4.78, 5) is 13.9. The third-order valence-corrected chi connectivity index (χ3v) is 4.99. The molecule has 0 spiro atoms. The summed E-state index contributed by atoms with van der Waals surface area (Å²) in [5, 5.41) is 0. The zero-order chi connectivity index (χ0) is 16.9. The first-order valence-corrected chi connectivity index (χ1v) is 8.78. The lowest BCUT2D eigenvalue weighted by Gasteiger charge is -2.46. The molecule has 1 saturated heterocycles. The molecule has 1 fully saturated rings. The van der Waals surface area contributed by atoms with Crippen LogP contribution in [0, 0.1) is 5.41 Å². The molecule has 4 heteroatoms. The first kappa shape index (κ1) is 18.1. The number of carbonyl (C=O) groups excluding carboxylic acids is 1. The molecule has 4 nitrogen and oxygen atoms in total. The topological polar surface area (TPSA) is 42.7 Å². The maximum Gasteiger partial charge on any atom is 0.219 e. The highest BCUT2D eigenvalue weighted by Gasteiger charge is 2.40. The minimum absolute atomic E-state index is 0.0600.